The first kappa shape index (κ1) is 9.49. The lowest BCUT2D eigenvalue weighted by Crippen LogP contribution is -2.15. The highest BCUT2D eigenvalue weighted by atomic mass is 32.1. The fraction of sp³-hybridized carbons (Fsp3) is 0.400. The SMILES string of the molecule is C=C(C)CC(NC)c1ccsc1. The molecule has 1 nitrogen and oxygen atoms in total. The molecule has 0 bridgehead atoms. The van der Waals surface area contributed by atoms with E-state index >= 15 is 0 Å². The minimum atomic E-state index is 0.439. The van der Waals surface area contributed by atoms with Gasteiger partial charge >= 0.3 is 0 Å². The molecule has 1 atom stereocenters. The van der Waals surface area contributed by atoms with E-state index in [0.29, 0.717) is 6.04 Å². The summed E-state index contributed by atoms with van der Waals surface area (Å²) in [6.45, 7) is 5.98. The monoisotopic (exact) mass is 181 g/mol. The normalized spacial score (nSPS) is 12.8. The zero-order chi connectivity index (χ0) is 8.97. The van der Waals surface area contributed by atoms with Crippen LogP contribution >= 0.6 is 11.3 Å². The van der Waals surface area contributed by atoms with E-state index in [-0.39, 0.29) is 0 Å². The topological polar surface area (TPSA) is 12.0 Å². The van der Waals surface area contributed by atoms with Crippen LogP contribution in [0, 0.1) is 0 Å². The van der Waals surface area contributed by atoms with E-state index in [2.05, 4.69) is 35.6 Å². The molecule has 1 N–H and O–H groups in total. The van der Waals surface area contributed by atoms with E-state index in [4.69, 9.17) is 0 Å². The number of hydrogen-bond donors (Lipinski definition) is 1. The van der Waals surface area contributed by atoms with Crippen molar-refractivity contribution in [2.45, 2.75) is 19.4 Å². The smallest absolute Gasteiger partial charge is 0.0363 e. The van der Waals surface area contributed by atoms with Gasteiger partial charge in [-0.2, -0.15) is 11.3 Å². The van der Waals surface area contributed by atoms with E-state index < -0.39 is 0 Å². The highest BCUT2D eigenvalue weighted by Gasteiger charge is 2.08. The second-order valence-corrected chi connectivity index (χ2v) is 3.84. The van der Waals surface area contributed by atoms with Crippen LogP contribution < -0.4 is 5.32 Å². The van der Waals surface area contributed by atoms with Gasteiger partial charge in [-0.25, -0.2) is 0 Å². The summed E-state index contributed by atoms with van der Waals surface area (Å²) in [6.07, 6.45) is 1.02. The molecule has 2 heteroatoms. The molecule has 0 radical (unpaired) electrons. The van der Waals surface area contributed by atoms with Crippen molar-refractivity contribution in [2.75, 3.05) is 7.05 Å². The Morgan fingerprint density at radius 3 is 2.92 bits per heavy atom. The Kier molecular flexibility index (Phi) is 3.50. The Labute approximate surface area is 78.1 Å². The van der Waals surface area contributed by atoms with Gasteiger partial charge in [-0.3, -0.25) is 0 Å². The lowest BCUT2D eigenvalue weighted by atomic mass is 10.0. The minimum absolute atomic E-state index is 0.439. The molecule has 0 aliphatic rings. The third kappa shape index (κ3) is 2.47. The summed E-state index contributed by atoms with van der Waals surface area (Å²) in [4.78, 5) is 0. The summed E-state index contributed by atoms with van der Waals surface area (Å²) >= 11 is 1.74. The first-order valence-corrected chi connectivity index (χ1v) is 5.02. The van der Waals surface area contributed by atoms with Gasteiger partial charge in [0.05, 0.1) is 0 Å². The van der Waals surface area contributed by atoms with Crippen LogP contribution in [0.25, 0.3) is 0 Å². The van der Waals surface area contributed by atoms with Gasteiger partial charge in [0.2, 0.25) is 0 Å². The first-order chi connectivity index (χ1) is 5.74. The van der Waals surface area contributed by atoms with Crippen molar-refractivity contribution < 1.29 is 0 Å². The molecule has 0 spiro atoms. The molecule has 1 aromatic rings. The lowest BCUT2D eigenvalue weighted by Gasteiger charge is -2.14. The molecule has 12 heavy (non-hydrogen) atoms. The fourth-order valence-corrected chi connectivity index (χ4v) is 1.92. The Bertz CT molecular complexity index is 238. The van der Waals surface area contributed by atoms with Crippen LogP contribution in [0.15, 0.2) is 29.0 Å². The highest BCUT2D eigenvalue weighted by Crippen LogP contribution is 2.21. The molecule has 0 saturated carbocycles. The van der Waals surface area contributed by atoms with Gasteiger partial charge < -0.3 is 5.32 Å². The van der Waals surface area contributed by atoms with Crippen molar-refractivity contribution in [3.63, 3.8) is 0 Å². The Hall–Kier alpha value is -0.600. The third-order valence-electron chi connectivity index (χ3n) is 1.85. The van der Waals surface area contributed by atoms with Crippen LogP contribution in [0.4, 0.5) is 0 Å². The number of hydrogen-bond acceptors (Lipinski definition) is 2. The van der Waals surface area contributed by atoms with Crippen molar-refractivity contribution in [1.29, 1.82) is 0 Å². The summed E-state index contributed by atoms with van der Waals surface area (Å²) in [5, 5.41) is 7.58. The predicted octanol–water partition coefficient (Wildman–Crippen LogP) is 2.97. The van der Waals surface area contributed by atoms with Crippen molar-refractivity contribution >= 4 is 11.3 Å². The van der Waals surface area contributed by atoms with Crippen LogP contribution in [0.5, 0.6) is 0 Å². The molecular weight excluding hydrogens is 166 g/mol. The molecule has 0 aliphatic carbocycles. The van der Waals surface area contributed by atoms with Crippen LogP contribution in [0.1, 0.15) is 24.9 Å². The van der Waals surface area contributed by atoms with E-state index in [1.807, 2.05) is 7.05 Å². The third-order valence-corrected chi connectivity index (χ3v) is 2.55. The molecular formula is C10H15NS. The zero-order valence-corrected chi connectivity index (χ0v) is 8.45. The van der Waals surface area contributed by atoms with Gasteiger partial charge in [-0.1, -0.05) is 5.57 Å². The number of thiophene rings is 1. The van der Waals surface area contributed by atoms with Crippen LogP contribution in [0.3, 0.4) is 0 Å². The van der Waals surface area contributed by atoms with E-state index in [9.17, 15) is 0 Å². The quantitative estimate of drug-likeness (QED) is 0.704. The molecule has 0 aliphatic heterocycles. The van der Waals surface area contributed by atoms with Crippen molar-refractivity contribution in [3.8, 4) is 0 Å². The Morgan fingerprint density at radius 2 is 2.50 bits per heavy atom. The Balaban J connectivity index is 2.63. The van der Waals surface area contributed by atoms with Crippen molar-refractivity contribution in [1.82, 2.24) is 5.32 Å². The maximum Gasteiger partial charge on any atom is 0.0363 e. The predicted molar refractivity (Wildman–Crippen MR) is 55.6 cm³/mol. The van der Waals surface area contributed by atoms with E-state index in [0.717, 1.165) is 6.42 Å². The fourth-order valence-electron chi connectivity index (χ4n) is 1.21. The van der Waals surface area contributed by atoms with Gasteiger partial charge in [-0.15, -0.1) is 6.58 Å². The van der Waals surface area contributed by atoms with Gasteiger partial charge in [0, 0.05) is 6.04 Å². The van der Waals surface area contributed by atoms with Crippen LogP contribution in [0.2, 0.25) is 0 Å². The molecule has 1 heterocycles. The molecule has 0 amide bonds. The standard InChI is InChI=1S/C10H15NS/c1-8(2)6-10(11-3)9-4-5-12-7-9/h4-5,7,10-11H,1,6H2,2-3H3. The maximum atomic E-state index is 3.92. The highest BCUT2D eigenvalue weighted by molar-refractivity contribution is 7.07. The lowest BCUT2D eigenvalue weighted by molar-refractivity contribution is 0.592. The van der Waals surface area contributed by atoms with Crippen molar-refractivity contribution in [3.05, 3.63) is 34.5 Å². The number of rotatable bonds is 4. The second kappa shape index (κ2) is 4.43. The summed E-state index contributed by atoms with van der Waals surface area (Å²) < 4.78 is 0. The molecule has 66 valence electrons. The zero-order valence-electron chi connectivity index (χ0n) is 7.63. The summed E-state index contributed by atoms with van der Waals surface area (Å²) in [7, 11) is 1.99. The average molecular weight is 181 g/mol. The molecule has 0 fully saturated rings. The maximum absolute atomic E-state index is 3.92. The van der Waals surface area contributed by atoms with Gasteiger partial charge in [0.1, 0.15) is 0 Å². The second-order valence-electron chi connectivity index (χ2n) is 3.06. The van der Waals surface area contributed by atoms with E-state index in [1.165, 1.54) is 11.1 Å². The largest absolute Gasteiger partial charge is 0.313 e. The van der Waals surface area contributed by atoms with Gasteiger partial charge in [0.25, 0.3) is 0 Å². The summed E-state index contributed by atoms with van der Waals surface area (Å²) in [6, 6.07) is 2.60. The molecule has 0 saturated heterocycles. The Morgan fingerprint density at radius 1 is 1.75 bits per heavy atom. The van der Waals surface area contributed by atoms with E-state index in [1.54, 1.807) is 11.3 Å². The summed E-state index contributed by atoms with van der Waals surface area (Å²) in [5.74, 6) is 0. The van der Waals surface area contributed by atoms with Crippen molar-refractivity contribution in [2.24, 2.45) is 0 Å². The van der Waals surface area contributed by atoms with Gasteiger partial charge in [-0.05, 0) is 42.8 Å². The average Bonchev–Trinajstić information content (AvgIpc) is 2.51. The van der Waals surface area contributed by atoms with Crippen LogP contribution in [-0.4, -0.2) is 7.05 Å². The molecule has 0 aromatic carbocycles. The van der Waals surface area contributed by atoms with Gasteiger partial charge in [0.15, 0.2) is 0 Å². The van der Waals surface area contributed by atoms with Crippen LogP contribution in [-0.2, 0) is 0 Å². The number of nitrogens with one attached hydrogen (secondary N) is 1. The molecule has 1 aromatic heterocycles. The first-order valence-electron chi connectivity index (χ1n) is 4.07. The molecule has 1 unspecified atom stereocenters. The summed E-state index contributed by atoms with van der Waals surface area (Å²) in [5.41, 5.74) is 2.59. The minimum Gasteiger partial charge on any atom is -0.313 e. The molecule has 1 rings (SSSR count).